The van der Waals surface area contributed by atoms with E-state index in [0.29, 0.717) is 0 Å². The molecule has 2 aromatic heterocycles. The smallest absolute Gasteiger partial charge is 0.135 e. The average molecular weight is 893 g/mol. The van der Waals surface area contributed by atoms with Gasteiger partial charge in [-0.2, -0.15) is 0 Å². The van der Waals surface area contributed by atoms with Crippen LogP contribution in [-0.2, 0) is 5.41 Å². The lowest BCUT2D eigenvalue weighted by Crippen LogP contribution is -2.28. The Bertz CT molecular complexity index is 4030. The van der Waals surface area contributed by atoms with E-state index in [9.17, 15) is 0 Å². The molecule has 1 aliphatic carbocycles. The molecule has 13 aromatic rings. The van der Waals surface area contributed by atoms with Crippen molar-refractivity contribution < 1.29 is 4.42 Å². The molecule has 0 saturated heterocycles. The van der Waals surface area contributed by atoms with Crippen LogP contribution in [-0.4, -0.2) is 4.57 Å². The number of fused-ring (bicyclic) bond motifs is 9. The molecule has 11 aromatic carbocycles. The van der Waals surface area contributed by atoms with E-state index in [2.05, 4.69) is 270 Å². The number of rotatable bonds is 8. The minimum Gasteiger partial charge on any atom is -0.456 e. The fourth-order valence-electron chi connectivity index (χ4n) is 11.6. The van der Waals surface area contributed by atoms with Crippen LogP contribution in [0.5, 0.6) is 0 Å². The van der Waals surface area contributed by atoms with Crippen molar-refractivity contribution in [3.8, 4) is 39.1 Å². The maximum atomic E-state index is 6.37. The number of benzene rings is 11. The van der Waals surface area contributed by atoms with Crippen LogP contribution in [0.25, 0.3) is 82.8 Å². The predicted octanol–water partition coefficient (Wildman–Crippen LogP) is 17.8. The van der Waals surface area contributed by atoms with Gasteiger partial charge in [-0.3, -0.25) is 0 Å². The Morgan fingerprint density at radius 1 is 0.314 bits per heavy atom. The molecule has 1 aliphatic rings. The fourth-order valence-corrected chi connectivity index (χ4v) is 11.6. The Hall–Kier alpha value is -9.18. The first-order valence-corrected chi connectivity index (χ1v) is 24.1. The second-order valence-corrected chi connectivity index (χ2v) is 18.4. The SMILES string of the molecule is c1ccc(C2(c3ccccc3)c3ccccc3-c3ccc(N(c4ccc(-c5cccc(-c6ccccc6-n6c7ccccc7c7ccccc76)c5)cc4)c4ccc5oc6ccccc6c5c4)cc32)cc1. The normalized spacial score (nSPS) is 12.7. The van der Waals surface area contributed by atoms with Crippen molar-refractivity contribution >= 4 is 60.8 Å². The van der Waals surface area contributed by atoms with Gasteiger partial charge in [-0.25, -0.2) is 0 Å². The maximum absolute atomic E-state index is 6.37. The summed E-state index contributed by atoms with van der Waals surface area (Å²) in [5, 5.41) is 4.70. The van der Waals surface area contributed by atoms with Gasteiger partial charge >= 0.3 is 0 Å². The van der Waals surface area contributed by atoms with Gasteiger partial charge in [0.2, 0.25) is 0 Å². The van der Waals surface area contributed by atoms with Crippen LogP contribution in [0.15, 0.2) is 271 Å². The minimum atomic E-state index is -0.532. The predicted molar refractivity (Wildman–Crippen MR) is 291 cm³/mol. The second-order valence-electron chi connectivity index (χ2n) is 18.4. The lowest BCUT2D eigenvalue weighted by molar-refractivity contribution is 0.669. The Labute approximate surface area is 406 Å². The van der Waals surface area contributed by atoms with E-state index >= 15 is 0 Å². The third-order valence-corrected chi connectivity index (χ3v) is 14.7. The molecule has 0 atom stereocenters. The van der Waals surface area contributed by atoms with Crippen LogP contribution in [0.4, 0.5) is 17.1 Å². The summed E-state index contributed by atoms with van der Waals surface area (Å²) in [6, 6.07) is 97.3. The highest BCUT2D eigenvalue weighted by Crippen LogP contribution is 2.57. The van der Waals surface area contributed by atoms with E-state index in [1.165, 1.54) is 66.3 Å². The fraction of sp³-hybridized carbons (Fsp3) is 0.0149. The number of nitrogens with zero attached hydrogens (tertiary/aromatic N) is 2. The molecule has 0 amide bonds. The highest BCUT2D eigenvalue weighted by Gasteiger charge is 2.46. The van der Waals surface area contributed by atoms with Crippen molar-refractivity contribution in [3.63, 3.8) is 0 Å². The quantitative estimate of drug-likeness (QED) is 0.152. The van der Waals surface area contributed by atoms with E-state index in [1.54, 1.807) is 0 Å². The van der Waals surface area contributed by atoms with Crippen LogP contribution < -0.4 is 4.90 Å². The van der Waals surface area contributed by atoms with Gasteiger partial charge in [-0.15, -0.1) is 0 Å². The lowest BCUT2D eigenvalue weighted by atomic mass is 9.67. The third kappa shape index (κ3) is 6.08. The molecular weight excluding hydrogens is 849 g/mol. The number of hydrogen-bond acceptors (Lipinski definition) is 2. The molecular formula is C67H44N2O. The number of anilines is 3. The number of aromatic nitrogens is 1. The third-order valence-electron chi connectivity index (χ3n) is 14.7. The van der Waals surface area contributed by atoms with E-state index in [4.69, 9.17) is 4.42 Å². The van der Waals surface area contributed by atoms with Gasteiger partial charge in [-0.1, -0.05) is 194 Å². The second kappa shape index (κ2) is 16.0. The average Bonchev–Trinajstić information content (AvgIpc) is 4.08. The summed E-state index contributed by atoms with van der Waals surface area (Å²) in [4.78, 5) is 2.41. The Balaban J connectivity index is 0.918. The van der Waals surface area contributed by atoms with Gasteiger partial charge in [0.1, 0.15) is 11.2 Å². The minimum absolute atomic E-state index is 0.532. The van der Waals surface area contributed by atoms with Crippen LogP contribution in [0.3, 0.4) is 0 Å². The van der Waals surface area contributed by atoms with Gasteiger partial charge < -0.3 is 13.9 Å². The molecule has 2 heterocycles. The lowest BCUT2D eigenvalue weighted by Gasteiger charge is -2.35. The molecule has 70 heavy (non-hydrogen) atoms. The first kappa shape index (κ1) is 39.9. The highest BCUT2D eigenvalue weighted by molar-refractivity contribution is 6.10. The van der Waals surface area contributed by atoms with Crippen LogP contribution in [0, 0.1) is 0 Å². The summed E-state index contributed by atoms with van der Waals surface area (Å²) in [7, 11) is 0. The van der Waals surface area contributed by atoms with E-state index in [1.807, 2.05) is 6.07 Å². The van der Waals surface area contributed by atoms with Crippen LogP contribution >= 0.6 is 0 Å². The van der Waals surface area contributed by atoms with Gasteiger partial charge in [-0.05, 0) is 123 Å². The number of hydrogen-bond donors (Lipinski definition) is 0. The zero-order chi connectivity index (χ0) is 46.2. The van der Waals surface area contributed by atoms with Crippen molar-refractivity contribution in [2.24, 2.45) is 0 Å². The molecule has 0 saturated carbocycles. The van der Waals surface area contributed by atoms with Gasteiger partial charge in [0, 0.05) is 44.2 Å². The molecule has 0 unspecified atom stereocenters. The maximum Gasteiger partial charge on any atom is 0.135 e. The molecule has 3 nitrogen and oxygen atoms in total. The summed E-state index contributed by atoms with van der Waals surface area (Å²) < 4.78 is 8.79. The summed E-state index contributed by atoms with van der Waals surface area (Å²) in [6.07, 6.45) is 0. The van der Waals surface area contributed by atoms with Gasteiger partial charge in [0.15, 0.2) is 0 Å². The molecule has 328 valence electrons. The molecule has 0 fully saturated rings. The van der Waals surface area contributed by atoms with Crippen LogP contribution in [0.1, 0.15) is 22.3 Å². The zero-order valence-electron chi connectivity index (χ0n) is 38.2. The number of furan rings is 1. The van der Waals surface area contributed by atoms with Crippen molar-refractivity contribution in [1.29, 1.82) is 0 Å². The molecule has 3 heteroatoms. The molecule has 0 bridgehead atoms. The molecule has 0 radical (unpaired) electrons. The largest absolute Gasteiger partial charge is 0.456 e. The van der Waals surface area contributed by atoms with E-state index in [0.717, 1.165) is 55.8 Å². The monoisotopic (exact) mass is 892 g/mol. The Morgan fingerprint density at radius 2 is 0.857 bits per heavy atom. The standard InChI is InChI=1S/C67H44N2O/c1-3-20-48(21-4-1)67(49-22-5-2-6-23-49)60-29-12-7-25-54(60)55-40-38-52(44-61(55)67)68(51-39-41-66-59(43-51)58-28-11-16-33-65(58)70-66)50-36-34-45(35-37-50)46-18-17-19-47(42-46)53-24-8-13-30-62(53)69-63-31-14-9-26-56(63)57-27-10-15-32-64(57)69/h1-44H. The van der Waals surface area contributed by atoms with Gasteiger partial charge in [0.05, 0.1) is 22.1 Å². The van der Waals surface area contributed by atoms with Crippen molar-refractivity contribution in [2.75, 3.05) is 4.90 Å². The van der Waals surface area contributed by atoms with Crippen molar-refractivity contribution in [1.82, 2.24) is 4.57 Å². The van der Waals surface area contributed by atoms with E-state index < -0.39 is 5.41 Å². The topological polar surface area (TPSA) is 21.3 Å². The number of para-hydroxylation sites is 4. The van der Waals surface area contributed by atoms with Crippen molar-refractivity contribution in [2.45, 2.75) is 5.41 Å². The summed E-state index contributed by atoms with van der Waals surface area (Å²) in [5.41, 5.74) is 20.2. The Morgan fingerprint density at radius 3 is 1.60 bits per heavy atom. The highest BCUT2D eigenvalue weighted by atomic mass is 16.3. The molecule has 14 rings (SSSR count). The summed E-state index contributed by atoms with van der Waals surface area (Å²) in [6.45, 7) is 0. The molecule has 0 spiro atoms. The summed E-state index contributed by atoms with van der Waals surface area (Å²) in [5.74, 6) is 0. The van der Waals surface area contributed by atoms with E-state index in [-0.39, 0.29) is 0 Å². The van der Waals surface area contributed by atoms with Crippen LogP contribution in [0.2, 0.25) is 0 Å². The molecule has 0 N–H and O–H groups in total. The zero-order valence-corrected chi connectivity index (χ0v) is 38.2. The van der Waals surface area contributed by atoms with Crippen molar-refractivity contribution in [3.05, 3.63) is 289 Å². The Kier molecular flexibility index (Phi) is 9.11. The molecule has 0 aliphatic heterocycles. The van der Waals surface area contributed by atoms with Gasteiger partial charge in [0.25, 0.3) is 0 Å². The summed E-state index contributed by atoms with van der Waals surface area (Å²) >= 11 is 0. The first-order valence-electron chi connectivity index (χ1n) is 24.1. The first-order chi connectivity index (χ1) is 34.7.